The van der Waals surface area contributed by atoms with Gasteiger partial charge in [-0.15, -0.1) is 0 Å². The summed E-state index contributed by atoms with van der Waals surface area (Å²) in [5, 5.41) is 3.29. The van der Waals surface area contributed by atoms with E-state index in [0.29, 0.717) is 12.0 Å². The normalized spacial score (nSPS) is 21.6. The quantitative estimate of drug-likeness (QED) is 0.900. The van der Waals surface area contributed by atoms with Crippen molar-refractivity contribution in [1.29, 1.82) is 0 Å². The number of likely N-dealkylation sites (N-methyl/N-ethyl adjacent to an activating group) is 1. The molecule has 1 heterocycles. The van der Waals surface area contributed by atoms with Crippen LogP contribution < -0.4 is 5.32 Å². The summed E-state index contributed by atoms with van der Waals surface area (Å²) in [4.78, 5) is 0. The first-order valence-corrected chi connectivity index (χ1v) is 7.10. The van der Waals surface area contributed by atoms with E-state index < -0.39 is 0 Å². The lowest BCUT2D eigenvalue weighted by Crippen LogP contribution is -2.21. The molecule has 1 saturated heterocycles. The molecule has 2 atom stereocenters. The Morgan fingerprint density at radius 2 is 2.41 bits per heavy atom. The van der Waals surface area contributed by atoms with Gasteiger partial charge in [-0.05, 0) is 49.9 Å². The summed E-state index contributed by atoms with van der Waals surface area (Å²) in [5.41, 5.74) is 1.39. The van der Waals surface area contributed by atoms with E-state index in [2.05, 4.69) is 45.5 Å². The summed E-state index contributed by atoms with van der Waals surface area (Å²) < 4.78 is 6.90. The minimum Gasteiger partial charge on any atom is -0.378 e. The van der Waals surface area contributed by atoms with E-state index in [1.807, 2.05) is 7.05 Å². The second kappa shape index (κ2) is 6.53. The van der Waals surface area contributed by atoms with Gasteiger partial charge in [-0.25, -0.2) is 0 Å². The summed E-state index contributed by atoms with van der Waals surface area (Å²) in [7, 11) is 2.01. The molecule has 2 unspecified atom stereocenters. The van der Waals surface area contributed by atoms with Crippen LogP contribution in [0, 0.1) is 0 Å². The lowest BCUT2D eigenvalue weighted by atomic mass is 9.92. The fourth-order valence-electron chi connectivity index (χ4n) is 2.49. The van der Waals surface area contributed by atoms with Gasteiger partial charge in [0.25, 0.3) is 0 Å². The highest BCUT2D eigenvalue weighted by Crippen LogP contribution is 2.28. The van der Waals surface area contributed by atoms with Gasteiger partial charge in [0.1, 0.15) is 0 Å². The molecular weight excluding hydrogens is 278 g/mol. The summed E-state index contributed by atoms with van der Waals surface area (Å²) in [6.07, 6.45) is 4.01. The Balaban J connectivity index is 2.04. The Hall–Kier alpha value is -0.380. The van der Waals surface area contributed by atoms with Crippen molar-refractivity contribution in [2.24, 2.45) is 0 Å². The van der Waals surface area contributed by atoms with Crippen LogP contribution in [0.25, 0.3) is 0 Å². The Morgan fingerprint density at radius 1 is 1.53 bits per heavy atom. The van der Waals surface area contributed by atoms with Crippen molar-refractivity contribution in [3.05, 3.63) is 34.3 Å². The number of ether oxygens (including phenoxy) is 1. The van der Waals surface area contributed by atoms with Crippen LogP contribution in [-0.4, -0.2) is 26.3 Å². The molecule has 1 aliphatic rings. The fourth-order valence-corrected chi connectivity index (χ4v) is 2.91. The lowest BCUT2D eigenvalue weighted by Gasteiger charge is -2.20. The zero-order valence-electron chi connectivity index (χ0n) is 10.3. The van der Waals surface area contributed by atoms with Crippen molar-refractivity contribution < 1.29 is 4.74 Å². The molecule has 3 heteroatoms. The maximum atomic E-state index is 5.74. The molecule has 1 aliphatic heterocycles. The lowest BCUT2D eigenvalue weighted by molar-refractivity contribution is 0.0978. The molecule has 94 valence electrons. The molecule has 0 amide bonds. The molecule has 0 aliphatic carbocycles. The molecule has 1 aromatic rings. The minimum absolute atomic E-state index is 0.451. The molecule has 1 fully saturated rings. The number of halogens is 1. The molecule has 1 aromatic carbocycles. The number of benzene rings is 1. The Kier molecular flexibility index (Phi) is 5.01. The molecule has 2 rings (SSSR count). The van der Waals surface area contributed by atoms with Gasteiger partial charge >= 0.3 is 0 Å². The van der Waals surface area contributed by atoms with Gasteiger partial charge in [0.05, 0.1) is 6.10 Å². The standard InChI is InChI=1S/C14H20BrNO/c1-16-10-12(9-14-6-3-7-17-14)11-4-2-5-13(15)8-11/h2,4-5,8,12,14,16H,3,6-7,9-10H2,1H3. The van der Waals surface area contributed by atoms with Crippen molar-refractivity contribution >= 4 is 15.9 Å². The first-order chi connectivity index (χ1) is 8.29. The van der Waals surface area contributed by atoms with Crippen LogP contribution in [0.15, 0.2) is 28.7 Å². The molecule has 2 nitrogen and oxygen atoms in total. The first kappa shape index (κ1) is 13.1. The van der Waals surface area contributed by atoms with Crippen LogP contribution in [0.4, 0.5) is 0 Å². The van der Waals surface area contributed by atoms with E-state index in [9.17, 15) is 0 Å². The van der Waals surface area contributed by atoms with Gasteiger partial charge in [-0.1, -0.05) is 28.1 Å². The van der Waals surface area contributed by atoms with Gasteiger partial charge in [0.15, 0.2) is 0 Å². The Bertz CT molecular complexity index is 350. The number of hydrogen-bond acceptors (Lipinski definition) is 2. The predicted octanol–water partition coefficient (Wildman–Crippen LogP) is 3.32. The topological polar surface area (TPSA) is 21.3 Å². The van der Waals surface area contributed by atoms with Gasteiger partial charge in [-0.3, -0.25) is 0 Å². The fraction of sp³-hybridized carbons (Fsp3) is 0.571. The molecular formula is C14H20BrNO. The SMILES string of the molecule is CNCC(CC1CCCO1)c1cccc(Br)c1. The zero-order valence-corrected chi connectivity index (χ0v) is 11.9. The van der Waals surface area contributed by atoms with E-state index in [-0.39, 0.29) is 0 Å². The van der Waals surface area contributed by atoms with Crippen molar-refractivity contribution in [1.82, 2.24) is 5.32 Å². The van der Waals surface area contributed by atoms with Crippen LogP contribution in [0.5, 0.6) is 0 Å². The minimum atomic E-state index is 0.451. The molecule has 0 aromatic heterocycles. The van der Waals surface area contributed by atoms with Gasteiger partial charge < -0.3 is 10.1 Å². The van der Waals surface area contributed by atoms with Crippen LogP contribution in [0.2, 0.25) is 0 Å². The number of hydrogen-bond donors (Lipinski definition) is 1. The highest BCUT2D eigenvalue weighted by molar-refractivity contribution is 9.10. The third-order valence-electron chi connectivity index (χ3n) is 3.34. The second-order valence-electron chi connectivity index (χ2n) is 4.68. The monoisotopic (exact) mass is 297 g/mol. The third-order valence-corrected chi connectivity index (χ3v) is 3.84. The second-order valence-corrected chi connectivity index (χ2v) is 5.60. The number of nitrogens with one attached hydrogen (secondary N) is 1. The third kappa shape index (κ3) is 3.80. The van der Waals surface area contributed by atoms with Gasteiger partial charge in [0, 0.05) is 17.6 Å². The average Bonchev–Trinajstić information content (AvgIpc) is 2.81. The largest absolute Gasteiger partial charge is 0.378 e. The van der Waals surface area contributed by atoms with E-state index >= 15 is 0 Å². The van der Waals surface area contributed by atoms with Crippen LogP contribution in [0.3, 0.4) is 0 Å². The summed E-state index contributed by atoms with van der Waals surface area (Å²) in [5.74, 6) is 0.542. The molecule has 0 bridgehead atoms. The average molecular weight is 298 g/mol. The molecule has 0 radical (unpaired) electrons. The number of rotatable bonds is 5. The molecule has 1 N–H and O–H groups in total. The molecule has 0 spiro atoms. The molecule has 17 heavy (non-hydrogen) atoms. The highest BCUT2D eigenvalue weighted by atomic mass is 79.9. The van der Waals surface area contributed by atoms with E-state index in [0.717, 1.165) is 24.0 Å². The van der Waals surface area contributed by atoms with Crippen LogP contribution >= 0.6 is 15.9 Å². The predicted molar refractivity (Wildman–Crippen MR) is 74.4 cm³/mol. The summed E-state index contributed by atoms with van der Waals surface area (Å²) in [6.45, 7) is 1.95. The van der Waals surface area contributed by atoms with Crippen molar-refractivity contribution in [2.45, 2.75) is 31.3 Å². The summed E-state index contributed by atoms with van der Waals surface area (Å²) >= 11 is 3.54. The first-order valence-electron chi connectivity index (χ1n) is 6.31. The Labute approximate surface area is 112 Å². The van der Waals surface area contributed by atoms with Crippen LogP contribution in [0.1, 0.15) is 30.7 Å². The van der Waals surface area contributed by atoms with Crippen molar-refractivity contribution in [3.63, 3.8) is 0 Å². The van der Waals surface area contributed by atoms with Crippen LogP contribution in [-0.2, 0) is 4.74 Å². The Morgan fingerprint density at radius 3 is 3.06 bits per heavy atom. The summed E-state index contributed by atoms with van der Waals surface area (Å²) in [6, 6.07) is 8.61. The van der Waals surface area contributed by atoms with Gasteiger partial charge in [-0.2, -0.15) is 0 Å². The van der Waals surface area contributed by atoms with Crippen molar-refractivity contribution in [2.75, 3.05) is 20.2 Å². The van der Waals surface area contributed by atoms with E-state index in [1.165, 1.54) is 18.4 Å². The maximum Gasteiger partial charge on any atom is 0.0582 e. The van der Waals surface area contributed by atoms with Crippen molar-refractivity contribution in [3.8, 4) is 0 Å². The highest BCUT2D eigenvalue weighted by Gasteiger charge is 2.21. The van der Waals surface area contributed by atoms with Gasteiger partial charge in [0.2, 0.25) is 0 Å². The molecule has 0 saturated carbocycles. The smallest absolute Gasteiger partial charge is 0.0582 e. The maximum absolute atomic E-state index is 5.74. The zero-order chi connectivity index (χ0) is 12.1. The van der Waals surface area contributed by atoms with E-state index in [1.54, 1.807) is 0 Å². The van der Waals surface area contributed by atoms with E-state index in [4.69, 9.17) is 4.74 Å².